The Hall–Kier alpha value is -2.17. The minimum atomic E-state index is -0.397. The van der Waals surface area contributed by atoms with Crippen LogP contribution in [0.5, 0.6) is 0 Å². The Kier molecular flexibility index (Phi) is 56.0. The lowest BCUT2D eigenvalue weighted by Crippen LogP contribution is -2.28. The second-order valence-electron chi connectivity index (χ2n) is 19.1. The molecular weight excluding hydrogens is 797 g/mol. The van der Waals surface area contributed by atoms with E-state index in [2.05, 4.69) is 45.1 Å². The maximum Gasteiger partial charge on any atom is 0.331 e. The summed E-state index contributed by atoms with van der Waals surface area (Å²) in [5, 5.41) is 0. The molecule has 0 fully saturated rings. The zero-order chi connectivity index (χ0) is 46.9. The largest absolute Gasteiger partial charge is 0.454 e. The second kappa shape index (κ2) is 58.0. The number of unbranched alkanes of at least 4 members (excludes halogenated alkanes) is 37. The standard InChI is InChI=1S/C61H110O4/c1-4-7-10-13-16-19-22-25-28-31-32-33-34-37-40-43-46-49-52-55-61(62)65-60(58-63-56-53-50-47-44-41-38-35-29-26-23-20-17-14-11-8-5-2)59-64-57-54-51-48-45-42-39-36-30-27-24-21-18-15-12-9-6-3/h28,31-34,37,40,43,46,49,52,55,60H,4-27,29-30,35-36,38-39,41-42,44-45,47-48,50-51,53-54,56-59H2,1-3H3/b31-28+,33-32+,37-34+,43-40+,49-46+,55-52+. The van der Waals surface area contributed by atoms with E-state index in [1.54, 1.807) is 6.08 Å². The van der Waals surface area contributed by atoms with Crippen LogP contribution in [-0.4, -0.2) is 38.5 Å². The van der Waals surface area contributed by atoms with Gasteiger partial charge in [-0.15, -0.1) is 0 Å². The Morgan fingerprint density at radius 1 is 0.323 bits per heavy atom. The number of hydrogen-bond donors (Lipinski definition) is 0. The van der Waals surface area contributed by atoms with Crippen LogP contribution in [0.15, 0.2) is 72.9 Å². The summed E-state index contributed by atoms with van der Waals surface area (Å²) in [5.41, 5.74) is 0. The lowest BCUT2D eigenvalue weighted by Gasteiger charge is -2.17. The van der Waals surface area contributed by atoms with Gasteiger partial charge in [-0.05, 0) is 25.7 Å². The number of ether oxygens (including phenoxy) is 3. The van der Waals surface area contributed by atoms with E-state index in [0.717, 1.165) is 19.3 Å². The molecule has 4 heteroatoms. The van der Waals surface area contributed by atoms with Gasteiger partial charge in [-0.1, -0.05) is 319 Å². The van der Waals surface area contributed by atoms with Crippen LogP contribution >= 0.6 is 0 Å². The van der Waals surface area contributed by atoms with Crippen molar-refractivity contribution in [3.63, 3.8) is 0 Å². The molecule has 0 saturated heterocycles. The van der Waals surface area contributed by atoms with Gasteiger partial charge >= 0.3 is 5.97 Å². The summed E-state index contributed by atoms with van der Waals surface area (Å²) in [5.74, 6) is -0.356. The fourth-order valence-electron chi connectivity index (χ4n) is 8.30. The molecule has 0 rings (SSSR count). The normalized spacial score (nSPS) is 12.4. The first-order chi connectivity index (χ1) is 32.2. The highest BCUT2D eigenvalue weighted by Gasteiger charge is 2.14. The van der Waals surface area contributed by atoms with Crippen molar-refractivity contribution >= 4 is 5.97 Å². The fraction of sp³-hybridized carbons (Fsp3) is 0.787. The van der Waals surface area contributed by atoms with Crippen LogP contribution in [0.3, 0.4) is 0 Å². The Bertz CT molecular complexity index is 1060. The smallest absolute Gasteiger partial charge is 0.331 e. The van der Waals surface area contributed by atoms with Crippen LogP contribution < -0.4 is 0 Å². The monoisotopic (exact) mass is 907 g/mol. The highest BCUT2D eigenvalue weighted by atomic mass is 16.6. The molecule has 0 aliphatic rings. The van der Waals surface area contributed by atoms with E-state index >= 15 is 0 Å². The molecule has 378 valence electrons. The molecule has 0 N–H and O–H groups in total. The Morgan fingerprint density at radius 2 is 0.585 bits per heavy atom. The lowest BCUT2D eigenvalue weighted by atomic mass is 10.0. The molecule has 0 atom stereocenters. The first-order valence-corrected chi connectivity index (χ1v) is 28.6. The Labute approximate surface area is 406 Å². The van der Waals surface area contributed by atoms with Gasteiger partial charge in [-0.2, -0.15) is 0 Å². The van der Waals surface area contributed by atoms with E-state index in [0.29, 0.717) is 26.4 Å². The summed E-state index contributed by atoms with van der Waals surface area (Å²) in [6.07, 6.45) is 77.2. The van der Waals surface area contributed by atoms with E-state index in [1.165, 1.54) is 244 Å². The van der Waals surface area contributed by atoms with Gasteiger partial charge in [0.05, 0.1) is 13.2 Å². The van der Waals surface area contributed by atoms with Gasteiger partial charge in [0, 0.05) is 19.3 Å². The molecule has 0 bridgehead atoms. The quantitative estimate of drug-likeness (QED) is 0.0264. The summed E-state index contributed by atoms with van der Waals surface area (Å²) in [6.45, 7) is 9.03. The van der Waals surface area contributed by atoms with Gasteiger partial charge in [0.15, 0.2) is 0 Å². The summed E-state index contributed by atoms with van der Waals surface area (Å²) in [4.78, 5) is 12.7. The van der Waals surface area contributed by atoms with Crippen LogP contribution in [0.25, 0.3) is 0 Å². The molecule has 4 nitrogen and oxygen atoms in total. The molecule has 65 heavy (non-hydrogen) atoms. The molecule has 0 aromatic rings. The summed E-state index contributed by atoms with van der Waals surface area (Å²) >= 11 is 0. The number of rotatable bonds is 53. The lowest BCUT2D eigenvalue weighted by molar-refractivity contribution is -0.150. The van der Waals surface area contributed by atoms with Gasteiger partial charge in [-0.25, -0.2) is 4.79 Å². The average molecular weight is 908 g/mol. The molecule has 0 radical (unpaired) electrons. The van der Waals surface area contributed by atoms with E-state index in [-0.39, 0.29) is 5.97 Å². The average Bonchev–Trinajstić information content (AvgIpc) is 3.31. The van der Waals surface area contributed by atoms with Crippen LogP contribution in [0.4, 0.5) is 0 Å². The molecule has 0 amide bonds. The molecule has 0 aliphatic carbocycles. The topological polar surface area (TPSA) is 44.8 Å². The first kappa shape index (κ1) is 62.8. The molecule has 0 spiro atoms. The number of esters is 1. The van der Waals surface area contributed by atoms with Crippen LogP contribution in [0.1, 0.15) is 278 Å². The summed E-state index contributed by atoms with van der Waals surface area (Å²) < 4.78 is 17.9. The van der Waals surface area contributed by atoms with Crippen molar-refractivity contribution in [2.24, 2.45) is 0 Å². The zero-order valence-corrected chi connectivity index (χ0v) is 43.8. The van der Waals surface area contributed by atoms with Crippen molar-refractivity contribution in [3.8, 4) is 0 Å². The van der Waals surface area contributed by atoms with Crippen molar-refractivity contribution in [1.82, 2.24) is 0 Å². The second-order valence-corrected chi connectivity index (χ2v) is 19.1. The fourth-order valence-corrected chi connectivity index (χ4v) is 8.30. The highest BCUT2D eigenvalue weighted by Crippen LogP contribution is 2.16. The Morgan fingerprint density at radius 3 is 0.908 bits per heavy atom. The van der Waals surface area contributed by atoms with Gasteiger partial charge in [0.2, 0.25) is 0 Å². The number of carbonyl (C=O) groups excluding carboxylic acids is 1. The van der Waals surface area contributed by atoms with Crippen LogP contribution in [-0.2, 0) is 19.0 Å². The molecule has 0 heterocycles. The van der Waals surface area contributed by atoms with Crippen LogP contribution in [0.2, 0.25) is 0 Å². The van der Waals surface area contributed by atoms with Crippen molar-refractivity contribution in [1.29, 1.82) is 0 Å². The zero-order valence-electron chi connectivity index (χ0n) is 43.8. The third-order valence-electron chi connectivity index (χ3n) is 12.5. The van der Waals surface area contributed by atoms with Crippen LogP contribution in [0, 0.1) is 0 Å². The SMILES string of the molecule is CCCCCCCCC/C=C/C=C/C=C/C=C/C=C/C=C/C(=O)OC(COCCCCCCCCCCCCCCCCCC)COCCCCCCCCCCCCCCCCCC. The Balaban J connectivity index is 4.35. The van der Waals surface area contributed by atoms with Crippen molar-refractivity contribution in [2.45, 2.75) is 284 Å². The van der Waals surface area contributed by atoms with Crippen molar-refractivity contribution in [3.05, 3.63) is 72.9 Å². The molecule has 0 aromatic carbocycles. The third kappa shape index (κ3) is 56.1. The van der Waals surface area contributed by atoms with Gasteiger partial charge in [-0.3, -0.25) is 0 Å². The van der Waals surface area contributed by atoms with E-state index in [9.17, 15) is 4.79 Å². The molecule has 0 unspecified atom stereocenters. The van der Waals surface area contributed by atoms with E-state index in [1.807, 2.05) is 36.5 Å². The number of carbonyl (C=O) groups is 1. The summed E-state index contributed by atoms with van der Waals surface area (Å²) in [6, 6.07) is 0. The number of allylic oxidation sites excluding steroid dienone is 11. The van der Waals surface area contributed by atoms with E-state index in [4.69, 9.17) is 14.2 Å². The van der Waals surface area contributed by atoms with Gasteiger partial charge in [0.25, 0.3) is 0 Å². The highest BCUT2D eigenvalue weighted by molar-refractivity contribution is 5.82. The molecule has 0 saturated carbocycles. The predicted molar refractivity (Wildman–Crippen MR) is 288 cm³/mol. The maximum absolute atomic E-state index is 12.7. The third-order valence-corrected chi connectivity index (χ3v) is 12.5. The number of hydrogen-bond acceptors (Lipinski definition) is 4. The van der Waals surface area contributed by atoms with Gasteiger partial charge in [0.1, 0.15) is 6.10 Å². The van der Waals surface area contributed by atoms with Gasteiger partial charge < -0.3 is 14.2 Å². The maximum atomic E-state index is 12.7. The first-order valence-electron chi connectivity index (χ1n) is 28.6. The molecular formula is C61H110O4. The minimum Gasteiger partial charge on any atom is -0.454 e. The van der Waals surface area contributed by atoms with Crippen molar-refractivity contribution < 1.29 is 19.0 Å². The molecule has 0 aliphatic heterocycles. The molecule has 0 aromatic heterocycles. The van der Waals surface area contributed by atoms with Crippen molar-refractivity contribution in [2.75, 3.05) is 26.4 Å². The predicted octanol–water partition coefficient (Wildman–Crippen LogP) is 19.9. The van der Waals surface area contributed by atoms with E-state index < -0.39 is 6.10 Å². The minimum absolute atomic E-state index is 0.356. The summed E-state index contributed by atoms with van der Waals surface area (Å²) in [7, 11) is 0.